The van der Waals surface area contributed by atoms with Gasteiger partial charge in [0.15, 0.2) is 5.78 Å². The number of aryl methyl sites for hydroxylation is 2. The molecule has 1 aliphatic heterocycles. The van der Waals surface area contributed by atoms with Crippen molar-refractivity contribution in [2.24, 2.45) is 5.92 Å². The zero-order valence-corrected chi connectivity index (χ0v) is 18.7. The molecule has 1 aromatic heterocycles. The first-order chi connectivity index (χ1) is 14.8. The molecule has 0 aliphatic carbocycles. The second kappa shape index (κ2) is 10.5. The number of halogens is 1. The van der Waals surface area contributed by atoms with E-state index in [1.165, 1.54) is 18.2 Å². The van der Waals surface area contributed by atoms with Crippen LogP contribution in [-0.2, 0) is 4.79 Å². The second-order valence-electron chi connectivity index (χ2n) is 7.94. The smallest absolute Gasteiger partial charge is 0.319 e. The fraction of sp³-hybridized carbons (Fsp3) is 0.435. The maximum atomic E-state index is 13.2. The molecule has 1 fully saturated rings. The van der Waals surface area contributed by atoms with Crippen LogP contribution in [0.4, 0.5) is 14.9 Å². The van der Waals surface area contributed by atoms with E-state index in [9.17, 15) is 18.8 Å². The Kier molecular flexibility index (Phi) is 7.79. The fourth-order valence-corrected chi connectivity index (χ4v) is 4.80. The topological polar surface area (TPSA) is 78.5 Å². The Bertz CT molecular complexity index is 959. The van der Waals surface area contributed by atoms with Crippen LogP contribution >= 0.6 is 11.3 Å². The summed E-state index contributed by atoms with van der Waals surface area (Å²) in [5.41, 5.74) is 1.11. The first kappa shape index (κ1) is 22.9. The predicted molar refractivity (Wildman–Crippen MR) is 120 cm³/mol. The number of likely N-dealkylation sites (tertiary alicyclic amines) is 1. The van der Waals surface area contributed by atoms with Crippen LogP contribution < -0.4 is 10.6 Å². The molecule has 2 N–H and O–H groups in total. The van der Waals surface area contributed by atoms with Crippen molar-refractivity contribution < 1.29 is 18.8 Å². The highest BCUT2D eigenvalue weighted by atomic mass is 32.1. The lowest BCUT2D eigenvalue weighted by Gasteiger charge is -2.33. The number of urea groups is 1. The van der Waals surface area contributed by atoms with Gasteiger partial charge >= 0.3 is 6.03 Å². The van der Waals surface area contributed by atoms with Crippen LogP contribution in [0.15, 0.2) is 30.3 Å². The monoisotopic (exact) mass is 445 g/mol. The molecule has 0 saturated carbocycles. The second-order valence-corrected chi connectivity index (χ2v) is 9.40. The number of hydrogen-bond acceptors (Lipinski definition) is 4. The van der Waals surface area contributed by atoms with Gasteiger partial charge in [0.25, 0.3) is 0 Å². The average molecular weight is 446 g/mol. The van der Waals surface area contributed by atoms with Crippen LogP contribution in [0.1, 0.15) is 45.8 Å². The highest BCUT2D eigenvalue weighted by molar-refractivity contribution is 7.12. The molecule has 3 rings (SSSR count). The van der Waals surface area contributed by atoms with E-state index in [0.29, 0.717) is 25.3 Å². The van der Waals surface area contributed by atoms with Crippen molar-refractivity contribution in [1.82, 2.24) is 10.2 Å². The average Bonchev–Trinajstić information content (AvgIpc) is 3.08. The molecular formula is C23H28FN3O3S. The molecule has 0 spiro atoms. The Labute approximate surface area is 185 Å². The van der Waals surface area contributed by atoms with E-state index in [0.717, 1.165) is 28.2 Å². The van der Waals surface area contributed by atoms with E-state index in [2.05, 4.69) is 10.6 Å². The van der Waals surface area contributed by atoms with Crippen LogP contribution in [-0.4, -0.2) is 42.3 Å². The van der Waals surface area contributed by atoms with Crippen LogP contribution in [0, 0.1) is 25.6 Å². The van der Waals surface area contributed by atoms with Gasteiger partial charge in [-0.1, -0.05) is 6.07 Å². The number of carbonyl (C=O) groups is 3. The Morgan fingerprint density at radius 2 is 2.00 bits per heavy atom. The summed E-state index contributed by atoms with van der Waals surface area (Å²) in [6.45, 7) is 5.57. The third-order valence-electron chi connectivity index (χ3n) is 5.41. The Morgan fingerprint density at radius 1 is 1.19 bits per heavy atom. The molecule has 1 atom stereocenters. The van der Waals surface area contributed by atoms with E-state index in [-0.39, 0.29) is 30.4 Å². The number of nitrogens with zero attached hydrogens (tertiary/aromatic N) is 1. The van der Waals surface area contributed by atoms with Crippen molar-refractivity contribution in [1.29, 1.82) is 0 Å². The number of piperidine rings is 1. The Hall–Kier alpha value is -2.74. The standard InChI is InChI=1S/C23H28FN3O3S/c1-15-11-20(16(2)31-15)21(28)8-9-22(29)27-10-4-5-17(14-27)13-25-23(30)26-19-7-3-6-18(24)12-19/h3,6-7,11-12,17H,4-5,8-10,13-14H2,1-2H3,(H2,25,26,30). The number of rotatable bonds is 7. The molecule has 1 aliphatic rings. The number of amides is 3. The van der Waals surface area contributed by atoms with Gasteiger partial charge in [-0.05, 0) is 56.9 Å². The SMILES string of the molecule is Cc1cc(C(=O)CCC(=O)N2CCCC(CNC(=O)Nc3cccc(F)c3)C2)c(C)s1. The third-order valence-corrected chi connectivity index (χ3v) is 6.38. The summed E-state index contributed by atoms with van der Waals surface area (Å²) in [4.78, 5) is 41.0. The zero-order chi connectivity index (χ0) is 22.4. The summed E-state index contributed by atoms with van der Waals surface area (Å²) < 4.78 is 13.2. The van der Waals surface area contributed by atoms with Gasteiger partial charge in [0.05, 0.1) is 0 Å². The lowest BCUT2D eigenvalue weighted by molar-refractivity contribution is -0.132. The van der Waals surface area contributed by atoms with E-state index in [1.807, 2.05) is 19.9 Å². The van der Waals surface area contributed by atoms with Crippen molar-refractivity contribution in [3.63, 3.8) is 0 Å². The normalized spacial score (nSPS) is 16.1. The highest BCUT2D eigenvalue weighted by Gasteiger charge is 2.24. The Balaban J connectivity index is 1.43. The molecule has 8 heteroatoms. The Morgan fingerprint density at radius 3 is 2.71 bits per heavy atom. The largest absolute Gasteiger partial charge is 0.342 e. The van der Waals surface area contributed by atoms with Crippen molar-refractivity contribution in [2.75, 3.05) is 25.0 Å². The maximum Gasteiger partial charge on any atom is 0.319 e. The van der Waals surface area contributed by atoms with Gasteiger partial charge < -0.3 is 15.5 Å². The molecule has 3 amide bonds. The molecule has 0 radical (unpaired) electrons. The number of nitrogens with one attached hydrogen (secondary N) is 2. The molecule has 1 saturated heterocycles. The van der Waals surface area contributed by atoms with Crippen LogP contribution in [0.2, 0.25) is 0 Å². The number of hydrogen-bond donors (Lipinski definition) is 2. The number of thiophene rings is 1. The number of anilines is 1. The molecule has 2 aromatic rings. The van der Waals surface area contributed by atoms with Gasteiger partial charge in [-0.25, -0.2) is 9.18 Å². The molecule has 1 unspecified atom stereocenters. The molecule has 166 valence electrons. The first-order valence-corrected chi connectivity index (χ1v) is 11.3. The van der Waals surface area contributed by atoms with Gasteiger partial charge in [0.1, 0.15) is 5.82 Å². The predicted octanol–water partition coefficient (Wildman–Crippen LogP) is 4.53. The first-order valence-electron chi connectivity index (χ1n) is 10.5. The number of ketones is 1. The van der Waals surface area contributed by atoms with Gasteiger partial charge in [0, 0.05) is 53.5 Å². The minimum atomic E-state index is -0.415. The summed E-state index contributed by atoms with van der Waals surface area (Å²) in [5.74, 6) is -0.276. The number of benzene rings is 1. The van der Waals surface area contributed by atoms with Crippen LogP contribution in [0.25, 0.3) is 0 Å². The maximum absolute atomic E-state index is 13.2. The quantitative estimate of drug-likeness (QED) is 0.615. The van der Waals surface area contributed by atoms with Crippen LogP contribution in [0.5, 0.6) is 0 Å². The number of Topliss-reactive ketones (excluding diaryl/α,β-unsaturated/α-hetero) is 1. The highest BCUT2D eigenvalue weighted by Crippen LogP contribution is 2.23. The lowest BCUT2D eigenvalue weighted by Crippen LogP contribution is -2.44. The van der Waals surface area contributed by atoms with Gasteiger partial charge in [-0.15, -0.1) is 11.3 Å². The summed E-state index contributed by atoms with van der Waals surface area (Å²) in [7, 11) is 0. The fourth-order valence-electron chi connectivity index (χ4n) is 3.86. The molecule has 1 aromatic carbocycles. The van der Waals surface area contributed by atoms with Crippen molar-refractivity contribution >= 4 is 34.7 Å². The van der Waals surface area contributed by atoms with Gasteiger partial charge in [-0.2, -0.15) is 0 Å². The minimum absolute atomic E-state index is 0.0134. The molecule has 31 heavy (non-hydrogen) atoms. The summed E-state index contributed by atoms with van der Waals surface area (Å²) in [6.07, 6.45) is 2.19. The van der Waals surface area contributed by atoms with E-state index < -0.39 is 11.8 Å². The zero-order valence-electron chi connectivity index (χ0n) is 17.9. The molecule has 6 nitrogen and oxygen atoms in total. The molecular weight excluding hydrogens is 417 g/mol. The summed E-state index contributed by atoms with van der Waals surface area (Å²) in [6, 6.07) is 7.20. The van der Waals surface area contributed by atoms with E-state index >= 15 is 0 Å². The van der Waals surface area contributed by atoms with Gasteiger partial charge in [0.2, 0.25) is 5.91 Å². The third kappa shape index (κ3) is 6.62. The van der Waals surface area contributed by atoms with Crippen molar-refractivity contribution in [3.05, 3.63) is 51.5 Å². The van der Waals surface area contributed by atoms with Crippen molar-refractivity contribution in [2.45, 2.75) is 39.5 Å². The summed E-state index contributed by atoms with van der Waals surface area (Å²) >= 11 is 1.59. The lowest BCUT2D eigenvalue weighted by atomic mass is 9.97. The van der Waals surface area contributed by atoms with E-state index in [1.54, 1.807) is 22.3 Å². The van der Waals surface area contributed by atoms with Crippen LogP contribution in [0.3, 0.4) is 0 Å². The van der Waals surface area contributed by atoms with Gasteiger partial charge in [-0.3, -0.25) is 9.59 Å². The summed E-state index contributed by atoms with van der Waals surface area (Å²) in [5, 5.41) is 5.40. The van der Waals surface area contributed by atoms with E-state index in [4.69, 9.17) is 0 Å². The molecule has 2 heterocycles. The van der Waals surface area contributed by atoms with Crippen molar-refractivity contribution in [3.8, 4) is 0 Å². The minimum Gasteiger partial charge on any atom is -0.342 e. The number of carbonyl (C=O) groups excluding carboxylic acids is 3. The molecule has 0 bridgehead atoms.